The number of anilines is 1. The highest BCUT2D eigenvalue weighted by atomic mass is 16.5. The van der Waals surface area contributed by atoms with E-state index in [0.29, 0.717) is 16.8 Å². The third-order valence-corrected chi connectivity index (χ3v) is 2.01. The number of allylic oxidation sites excluding steroid dienone is 1. The first-order valence-electron chi connectivity index (χ1n) is 4.71. The molecule has 1 aromatic carbocycles. The molecule has 0 atom stereocenters. The summed E-state index contributed by atoms with van der Waals surface area (Å²) in [5, 5.41) is 0. The second kappa shape index (κ2) is 5.11. The molecule has 0 radical (unpaired) electrons. The Bertz CT molecular complexity index is 450. The molecule has 0 aliphatic rings. The van der Waals surface area contributed by atoms with E-state index in [1.54, 1.807) is 24.3 Å². The number of carbonyl (C=O) groups is 2. The van der Waals surface area contributed by atoms with E-state index in [1.807, 2.05) is 0 Å². The van der Waals surface area contributed by atoms with Gasteiger partial charge in [0.2, 0.25) is 0 Å². The van der Waals surface area contributed by atoms with Gasteiger partial charge in [0, 0.05) is 5.69 Å². The summed E-state index contributed by atoms with van der Waals surface area (Å²) in [6.07, 6.45) is 2.97. The Hall–Kier alpha value is -2.10. The second-order valence-electron chi connectivity index (χ2n) is 3.28. The molecule has 0 bridgehead atoms. The van der Waals surface area contributed by atoms with Crippen LogP contribution in [0.4, 0.5) is 5.69 Å². The summed E-state index contributed by atoms with van der Waals surface area (Å²) in [4.78, 5) is 22.0. The molecule has 0 aromatic heterocycles. The van der Waals surface area contributed by atoms with Crippen molar-refractivity contribution in [2.24, 2.45) is 0 Å². The van der Waals surface area contributed by atoms with Gasteiger partial charge in [-0.1, -0.05) is 0 Å². The molecule has 4 nitrogen and oxygen atoms in total. The minimum absolute atomic E-state index is 0.0807. The van der Waals surface area contributed by atoms with Crippen molar-refractivity contribution in [1.82, 2.24) is 0 Å². The summed E-state index contributed by atoms with van der Waals surface area (Å²) in [6, 6.07) is 4.76. The van der Waals surface area contributed by atoms with Gasteiger partial charge in [0.1, 0.15) is 0 Å². The fourth-order valence-electron chi connectivity index (χ4n) is 1.17. The SMILES string of the molecule is COC(=O)c1ccc(N)c(/C=C/C(C)=O)c1. The molecule has 1 aromatic rings. The first-order chi connectivity index (χ1) is 7.54. The topological polar surface area (TPSA) is 69.4 Å². The lowest BCUT2D eigenvalue weighted by Crippen LogP contribution is -2.02. The number of ether oxygens (including phenoxy) is 1. The van der Waals surface area contributed by atoms with E-state index in [-0.39, 0.29) is 5.78 Å². The van der Waals surface area contributed by atoms with E-state index in [0.717, 1.165) is 0 Å². The van der Waals surface area contributed by atoms with Gasteiger partial charge in [-0.3, -0.25) is 4.79 Å². The van der Waals surface area contributed by atoms with Crippen LogP contribution in [0.15, 0.2) is 24.3 Å². The average Bonchev–Trinajstić information content (AvgIpc) is 2.26. The minimum Gasteiger partial charge on any atom is -0.465 e. The molecule has 2 N–H and O–H groups in total. The maximum atomic E-state index is 11.3. The van der Waals surface area contributed by atoms with Crippen molar-refractivity contribution in [1.29, 1.82) is 0 Å². The Morgan fingerprint density at radius 3 is 2.62 bits per heavy atom. The van der Waals surface area contributed by atoms with Gasteiger partial charge in [-0.25, -0.2) is 4.79 Å². The third kappa shape index (κ3) is 2.95. The largest absolute Gasteiger partial charge is 0.465 e. The number of ketones is 1. The third-order valence-electron chi connectivity index (χ3n) is 2.01. The summed E-state index contributed by atoms with van der Waals surface area (Å²) >= 11 is 0. The molecule has 84 valence electrons. The fraction of sp³-hybridized carbons (Fsp3) is 0.167. The highest BCUT2D eigenvalue weighted by molar-refractivity contribution is 5.94. The van der Waals surface area contributed by atoms with Crippen molar-refractivity contribution in [2.75, 3.05) is 12.8 Å². The molecule has 0 spiro atoms. The number of esters is 1. The lowest BCUT2D eigenvalue weighted by atomic mass is 10.1. The predicted molar refractivity (Wildman–Crippen MR) is 61.9 cm³/mol. The van der Waals surface area contributed by atoms with Gasteiger partial charge in [0.05, 0.1) is 12.7 Å². The highest BCUT2D eigenvalue weighted by Gasteiger charge is 2.06. The first-order valence-corrected chi connectivity index (χ1v) is 4.71. The zero-order valence-electron chi connectivity index (χ0n) is 9.19. The molecule has 0 aliphatic heterocycles. The Labute approximate surface area is 93.7 Å². The average molecular weight is 219 g/mol. The van der Waals surface area contributed by atoms with Crippen LogP contribution in [0.2, 0.25) is 0 Å². The van der Waals surface area contributed by atoms with Crippen LogP contribution in [0.3, 0.4) is 0 Å². The van der Waals surface area contributed by atoms with Crippen molar-refractivity contribution in [3.05, 3.63) is 35.4 Å². The molecule has 0 saturated heterocycles. The van der Waals surface area contributed by atoms with Crippen LogP contribution in [0.5, 0.6) is 0 Å². The Kier molecular flexibility index (Phi) is 3.83. The molecule has 0 unspecified atom stereocenters. The van der Waals surface area contributed by atoms with Crippen LogP contribution in [-0.4, -0.2) is 18.9 Å². The number of hydrogen-bond donors (Lipinski definition) is 1. The van der Waals surface area contributed by atoms with Gasteiger partial charge < -0.3 is 10.5 Å². The standard InChI is InChI=1S/C12H13NO3/c1-8(14)3-4-9-7-10(12(15)16-2)5-6-11(9)13/h3-7H,13H2,1-2H3/b4-3+. The van der Waals surface area contributed by atoms with Gasteiger partial charge >= 0.3 is 5.97 Å². The van der Waals surface area contributed by atoms with Gasteiger partial charge in [-0.05, 0) is 42.8 Å². The zero-order chi connectivity index (χ0) is 12.1. The van der Waals surface area contributed by atoms with E-state index in [4.69, 9.17) is 5.73 Å². The van der Waals surface area contributed by atoms with Gasteiger partial charge in [0.15, 0.2) is 5.78 Å². The lowest BCUT2D eigenvalue weighted by molar-refractivity contribution is -0.112. The Balaban J connectivity index is 3.08. The monoisotopic (exact) mass is 219 g/mol. The highest BCUT2D eigenvalue weighted by Crippen LogP contribution is 2.16. The van der Waals surface area contributed by atoms with Crippen molar-refractivity contribution in [3.63, 3.8) is 0 Å². The van der Waals surface area contributed by atoms with E-state index < -0.39 is 5.97 Å². The molecular weight excluding hydrogens is 206 g/mol. The van der Waals surface area contributed by atoms with Crippen LogP contribution in [0, 0.1) is 0 Å². The number of hydrogen-bond acceptors (Lipinski definition) is 4. The Morgan fingerprint density at radius 1 is 1.38 bits per heavy atom. The second-order valence-corrected chi connectivity index (χ2v) is 3.28. The quantitative estimate of drug-likeness (QED) is 0.477. The lowest BCUT2D eigenvalue weighted by Gasteiger charge is -2.03. The van der Waals surface area contributed by atoms with Crippen LogP contribution in [0.1, 0.15) is 22.8 Å². The summed E-state index contributed by atoms with van der Waals surface area (Å²) in [6.45, 7) is 1.44. The molecule has 16 heavy (non-hydrogen) atoms. The van der Waals surface area contributed by atoms with Crippen molar-refractivity contribution >= 4 is 23.5 Å². The Morgan fingerprint density at radius 2 is 2.06 bits per heavy atom. The van der Waals surface area contributed by atoms with E-state index in [2.05, 4.69) is 4.74 Å². The number of benzene rings is 1. The molecule has 0 aliphatic carbocycles. The summed E-state index contributed by atoms with van der Waals surface area (Å²) in [5.74, 6) is -0.514. The molecular formula is C12H13NO3. The van der Waals surface area contributed by atoms with Gasteiger partial charge in [-0.2, -0.15) is 0 Å². The molecule has 0 heterocycles. The molecule has 0 amide bonds. The van der Waals surface area contributed by atoms with Crippen LogP contribution >= 0.6 is 0 Å². The first kappa shape index (κ1) is 12.0. The van der Waals surface area contributed by atoms with Crippen molar-refractivity contribution in [2.45, 2.75) is 6.92 Å². The van der Waals surface area contributed by atoms with E-state index in [1.165, 1.54) is 20.1 Å². The maximum Gasteiger partial charge on any atom is 0.337 e. The summed E-state index contributed by atoms with van der Waals surface area (Å²) < 4.78 is 4.59. The summed E-state index contributed by atoms with van der Waals surface area (Å²) in [7, 11) is 1.31. The summed E-state index contributed by atoms with van der Waals surface area (Å²) in [5.41, 5.74) is 7.23. The smallest absolute Gasteiger partial charge is 0.337 e. The molecule has 0 saturated carbocycles. The molecule has 0 fully saturated rings. The van der Waals surface area contributed by atoms with Crippen LogP contribution in [0.25, 0.3) is 6.08 Å². The van der Waals surface area contributed by atoms with Crippen molar-refractivity contribution in [3.8, 4) is 0 Å². The normalized spacial score (nSPS) is 10.4. The fourth-order valence-corrected chi connectivity index (χ4v) is 1.17. The minimum atomic E-state index is -0.433. The van der Waals surface area contributed by atoms with E-state index >= 15 is 0 Å². The number of rotatable bonds is 3. The zero-order valence-corrected chi connectivity index (χ0v) is 9.19. The van der Waals surface area contributed by atoms with Gasteiger partial charge in [-0.15, -0.1) is 0 Å². The van der Waals surface area contributed by atoms with Crippen molar-refractivity contribution < 1.29 is 14.3 Å². The predicted octanol–water partition coefficient (Wildman–Crippen LogP) is 1.66. The number of carbonyl (C=O) groups excluding carboxylic acids is 2. The number of methoxy groups -OCH3 is 1. The maximum absolute atomic E-state index is 11.3. The number of nitrogen functional groups attached to an aromatic ring is 1. The molecule has 1 rings (SSSR count). The van der Waals surface area contributed by atoms with Gasteiger partial charge in [0.25, 0.3) is 0 Å². The number of nitrogens with two attached hydrogens (primary N) is 1. The van der Waals surface area contributed by atoms with Crippen LogP contribution in [-0.2, 0) is 9.53 Å². The molecule has 4 heteroatoms. The van der Waals surface area contributed by atoms with Crippen LogP contribution < -0.4 is 5.73 Å². The van der Waals surface area contributed by atoms with E-state index in [9.17, 15) is 9.59 Å².